The highest BCUT2D eigenvalue weighted by Gasteiger charge is 2.29. The largest absolute Gasteiger partial charge is 0.465 e. The number of carbonyl (C=O) groups excluding carboxylic acids is 1. The number of ether oxygens (including phenoxy) is 1. The van der Waals surface area contributed by atoms with Crippen LogP contribution in [0.3, 0.4) is 0 Å². The van der Waals surface area contributed by atoms with Gasteiger partial charge in [0.15, 0.2) is 0 Å². The zero-order chi connectivity index (χ0) is 17.1. The number of nitrogens with one attached hydrogen (secondary N) is 1. The van der Waals surface area contributed by atoms with Crippen LogP contribution in [-0.4, -0.2) is 37.7 Å². The molecule has 0 radical (unpaired) electrons. The Morgan fingerprint density at radius 2 is 1.96 bits per heavy atom. The monoisotopic (exact) mass is 322 g/mol. The van der Waals surface area contributed by atoms with Crippen molar-refractivity contribution < 1.29 is 13.9 Å². The van der Waals surface area contributed by atoms with Crippen LogP contribution in [0.5, 0.6) is 0 Å². The highest BCUT2D eigenvalue weighted by atomic mass is 19.1. The molecule has 2 rings (SSSR count). The fourth-order valence-electron chi connectivity index (χ4n) is 3.70. The van der Waals surface area contributed by atoms with Crippen molar-refractivity contribution >= 4 is 11.7 Å². The topological polar surface area (TPSA) is 41.6 Å². The van der Waals surface area contributed by atoms with Gasteiger partial charge < -0.3 is 15.0 Å². The predicted molar refractivity (Wildman–Crippen MR) is 90.6 cm³/mol. The van der Waals surface area contributed by atoms with Crippen LogP contribution in [0.15, 0.2) is 12.1 Å². The van der Waals surface area contributed by atoms with Crippen molar-refractivity contribution in [3.63, 3.8) is 0 Å². The van der Waals surface area contributed by atoms with Gasteiger partial charge in [-0.3, -0.25) is 0 Å². The number of rotatable bonds is 4. The maximum absolute atomic E-state index is 14.1. The quantitative estimate of drug-likeness (QED) is 0.864. The van der Waals surface area contributed by atoms with E-state index in [2.05, 4.69) is 31.0 Å². The number of hydrogen-bond acceptors (Lipinski definition) is 4. The van der Waals surface area contributed by atoms with Gasteiger partial charge in [-0.1, -0.05) is 0 Å². The fraction of sp³-hybridized carbons (Fsp3) is 0.611. The lowest BCUT2D eigenvalue weighted by atomic mass is 9.92. The van der Waals surface area contributed by atoms with Crippen LogP contribution < -0.4 is 10.2 Å². The van der Waals surface area contributed by atoms with E-state index in [0.29, 0.717) is 23.7 Å². The van der Waals surface area contributed by atoms with Crippen molar-refractivity contribution in [2.24, 2.45) is 0 Å². The number of esters is 1. The number of benzene rings is 1. The van der Waals surface area contributed by atoms with Crippen molar-refractivity contribution in [1.29, 1.82) is 0 Å². The summed E-state index contributed by atoms with van der Waals surface area (Å²) in [5.74, 6) is -0.897. The number of nitrogens with zero attached hydrogens (tertiary/aromatic N) is 1. The Hall–Kier alpha value is -1.62. The molecule has 1 aromatic rings. The highest BCUT2D eigenvalue weighted by molar-refractivity contribution is 5.92. The third-order valence-corrected chi connectivity index (χ3v) is 4.66. The van der Waals surface area contributed by atoms with E-state index in [1.165, 1.54) is 19.2 Å². The van der Waals surface area contributed by atoms with E-state index < -0.39 is 11.8 Å². The van der Waals surface area contributed by atoms with Gasteiger partial charge in [0.05, 0.1) is 12.7 Å². The van der Waals surface area contributed by atoms with Crippen LogP contribution in [0.2, 0.25) is 0 Å². The second-order valence-electron chi connectivity index (χ2n) is 6.47. The molecule has 4 nitrogen and oxygen atoms in total. The van der Waals surface area contributed by atoms with Crippen LogP contribution in [0.1, 0.15) is 49.5 Å². The number of halogens is 1. The molecular formula is C18H27FN2O2. The molecule has 1 N–H and O–H groups in total. The molecular weight excluding hydrogens is 295 g/mol. The Labute approximate surface area is 138 Å². The van der Waals surface area contributed by atoms with E-state index in [4.69, 9.17) is 4.74 Å². The summed E-state index contributed by atoms with van der Waals surface area (Å²) >= 11 is 0. The first kappa shape index (κ1) is 17.7. The molecule has 1 aliphatic rings. The van der Waals surface area contributed by atoms with Crippen molar-refractivity contribution in [2.45, 2.75) is 58.7 Å². The van der Waals surface area contributed by atoms with E-state index in [-0.39, 0.29) is 0 Å². The number of methoxy groups -OCH3 is 1. The molecule has 0 saturated carbocycles. The Morgan fingerprint density at radius 3 is 2.48 bits per heavy atom. The van der Waals surface area contributed by atoms with E-state index in [9.17, 15) is 9.18 Å². The third kappa shape index (κ3) is 3.83. The van der Waals surface area contributed by atoms with Gasteiger partial charge in [-0.15, -0.1) is 0 Å². The van der Waals surface area contributed by atoms with Gasteiger partial charge in [0.2, 0.25) is 0 Å². The first-order valence-electron chi connectivity index (χ1n) is 8.28. The maximum Gasteiger partial charge on any atom is 0.338 e. The molecule has 1 saturated heterocycles. The summed E-state index contributed by atoms with van der Waals surface area (Å²) in [4.78, 5) is 14.1. The van der Waals surface area contributed by atoms with Gasteiger partial charge in [-0.2, -0.15) is 0 Å². The molecule has 2 atom stereocenters. The SMILES string of the molecule is CCN(c1cc(F)cc(C(=O)OC)c1C)C1C[C@@H](C)N[C@H](C)C1. The minimum atomic E-state index is -0.494. The minimum absolute atomic E-state index is 0.302. The van der Waals surface area contributed by atoms with E-state index in [1.807, 2.05) is 6.92 Å². The molecule has 0 bridgehead atoms. The van der Waals surface area contributed by atoms with E-state index in [0.717, 1.165) is 30.6 Å². The van der Waals surface area contributed by atoms with Gasteiger partial charge in [-0.25, -0.2) is 9.18 Å². The molecule has 0 aliphatic carbocycles. The first-order chi connectivity index (χ1) is 10.9. The Morgan fingerprint density at radius 1 is 1.35 bits per heavy atom. The minimum Gasteiger partial charge on any atom is -0.465 e. The molecule has 0 amide bonds. The average molecular weight is 322 g/mol. The summed E-state index contributed by atoms with van der Waals surface area (Å²) in [6.45, 7) is 9.05. The molecule has 1 fully saturated rings. The summed E-state index contributed by atoms with van der Waals surface area (Å²) in [5.41, 5.74) is 1.87. The Balaban J connectivity index is 2.41. The van der Waals surface area contributed by atoms with Crippen molar-refractivity contribution in [3.8, 4) is 0 Å². The number of hydrogen-bond donors (Lipinski definition) is 1. The first-order valence-corrected chi connectivity index (χ1v) is 8.28. The molecule has 0 aromatic heterocycles. The number of piperidine rings is 1. The zero-order valence-corrected chi connectivity index (χ0v) is 14.6. The summed E-state index contributed by atoms with van der Waals surface area (Å²) in [5, 5.41) is 3.53. The fourth-order valence-corrected chi connectivity index (χ4v) is 3.70. The van der Waals surface area contributed by atoms with E-state index in [1.54, 1.807) is 0 Å². The van der Waals surface area contributed by atoms with E-state index >= 15 is 0 Å². The Bertz CT molecular complexity index is 566. The smallest absolute Gasteiger partial charge is 0.338 e. The summed E-state index contributed by atoms with van der Waals surface area (Å²) in [7, 11) is 1.32. The summed E-state index contributed by atoms with van der Waals surface area (Å²) in [6, 6.07) is 3.96. The second-order valence-corrected chi connectivity index (χ2v) is 6.47. The molecule has 1 heterocycles. The second kappa shape index (κ2) is 7.30. The average Bonchev–Trinajstić information content (AvgIpc) is 2.49. The van der Waals surface area contributed by atoms with Crippen LogP contribution >= 0.6 is 0 Å². The molecule has 1 aromatic carbocycles. The maximum atomic E-state index is 14.1. The van der Waals surface area contributed by atoms with Crippen molar-refractivity contribution in [2.75, 3.05) is 18.6 Å². The lowest BCUT2D eigenvalue weighted by molar-refractivity contribution is 0.0599. The lowest BCUT2D eigenvalue weighted by Crippen LogP contribution is -2.51. The molecule has 128 valence electrons. The van der Waals surface area contributed by atoms with Gasteiger partial charge in [0.25, 0.3) is 0 Å². The van der Waals surface area contributed by atoms with Crippen LogP contribution in [0.4, 0.5) is 10.1 Å². The van der Waals surface area contributed by atoms with Crippen LogP contribution in [-0.2, 0) is 4.74 Å². The van der Waals surface area contributed by atoms with Gasteiger partial charge >= 0.3 is 5.97 Å². The number of carbonyl (C=O) groups is 1. The summed E-state index contributed by atoms with van der Waals surface area (Å²) in [6.07, 6.45) is 2.00. The summed E-state index contributed by atoms with van der Waals surface area (Å²) < 4.78 is 18.9. The normalized spacial score (nSPS) is 24.3. The molecule has 0 unspecified atom stereocenters. The van der Waals surface area contributed by atoms with Gasteiger partial charge in [-0.05, 0) is 58.2 Å². The molecule has 5 heteroatoms. The van der Waals surface area contributed by atoms with Crippen molar-refractivity contribution in [3.05, 3.63) is 29.1 Å². The predicted octanol–water partition coefficient (Wildman–Crippen LogP) is 3.28. The van der Waals surface area contributed by atoms with Gasteiger partial charge in [0.1, 0.15) is 5.82 Å². The molecule has 0 spiro atoms. The zero-order valence-electron chi connectivity index (χ0n) is 14.6. The standard InChI is InChI=1S/C18H27FN2O2/c1-6-21(15-7-11(2)20-12(3)8-15)17-10-14(19)9-16(13(17)4)18(22)23-5/h9-12,15,20H,6-8H2,1-5H3/t11-,12-/m1/s1. The molecule has 1 aliphatic heterocycles. The molecule has 23 heavy (non-hydrogen) atoms. The Kier molecular flexibility index (Phi) is 5.63. The van der Waals surface area contributed by atoms with Crippen LogP contribution in [0, 0.1) is 12.7 Å². The van der Waals surface area contributed by atoms with Crippen LogP contribution in [0.25, 0.3) is 0 Å². The highest BCUT2D eigenvalue weighted by Crippen LogP contribution is 2.30. The van der Waals surface area contributed by atoms with Crippen molar-refractivity contribution in [1.82, 2.24) is 5.32 Å². The van der Waals surface area contributed by atoms with Gasteiger partial charge in [0, 0.05) is 30.4 Å². The lowest BCUT2D eigenvalue weighted by Gasteiger charge is -2.41. The number of anilines is 1. The third-order valence-electron chi connectivity index (χ3n) is 4.66.